The zero-order valence-corrected chi connectivity index (χ0v) is 18.8. The highest BCUT2D eigenvalue weighted by atomic mass is 127. The first-order chi connectivity index (χ1) is 12.4. The van der Waals surface area contributed by atoms with Crippen LogP contribution >= 0.6 is 24.0 Å². The van der Waals surface area contributed by atoms with Crippen LogP contribution in [0.1, 0.15) is 35.9 Å². The van der Waals surface area contributed by atoms with Crippen LogP contribution in [0.2, 0.25) is 0 Å². The third kappa shape index (κ3) is 7.20. The number of likely N-dealkylation sites (N-methyl/N-ethyl adjacent to an activating group) is 1. The molecular weight excluding hydrogens is 457 g/mol. The van der Waals surface area contributed by atoms with E-state index in [1.54, 1.807) is 14.1 Å². The first-order valence-corrected chi connectivity index (χ1v) is 8.59. The van der Waals surface area contributed by atoms with Crippen molar-refractivity contribution in [2.75, 3.05) is 20.6 Å². The molecule has 2 aromatic rings. The molecule has 0 fully saturated rings. The van der Waals surface area contributed by atoms with Crippen molar-refractivity contribution in [2.24, 2.45) is 4.99 Å². The molecule has 1 unspecified atom stereocenters. The van der Waals surface area contributed by atoms with Crippen LogP contribution in [-0.4, -0.2) is 42.4 Å². The zero-order valence-electron chi connectivity index (χ0n) is 16.4. The Bertz CT molecular complexity index is 739. The average molecular weight is 485 g/mol. The summed E-state index contributed by atoms with van der Waals surface area (Å²) in [6.07, 6.45) is 0. The van der Waals surface area contributed by atoms with E-state index in [4.69, 9.17) is 4.42 Å². The van der Waals surface area contributed by atoms with E-state index < -0.39 is 0 Å². The maximum atomic E-state index is 11.9. The van der Waals surface area contributed by atoms with Crippen molar-refractivity contribution >= 4 is 35.8 Å². The Balaban J connectivity index is 0.00000364. The lowest BCUT2D eigenvalue weighted by Gasteiger charge is -2.18. The molecule has 0 aliphatic carbocycles. The number of carbonyl (C=O) groups excluding carboxylic acids is 1. The van der Waals surface area contributed by atoms with Crippen LogP contribution in [-0.2, 0) is 11.3 Å². The summed E-state index contributed by atoms with van der Waals surface area (Å²) in [5.41, 5.74) is 2.00. The Hall–Kier alpha value is -2.10. The molecule has 1 aromatic carbocycles. The van der Waals surface area contributed by atoms with Crippen LogP contribution in [0.5, 0.6) is 0 Å². The van der Waals surface area contributed by atoms with Gasteiger partial charge in [-0.25, -0.2) is 9.98 Å². The predicted octanol–water partition coefficient (Wildman–Crippen LogP) is 2.79. The van der Waals surface area contributed by atoms with E-state index >= 15 is 0 Å². The molecular formula is C19H28IN5O2. The third-order valence-electron chi connectivity index (χ3n) is 4.00. The summed E-state index contributed by atoms with van der Waals surface area (Å²) >= 11 is 0. The van der Waals surface area contributed by atoms with E-state index in [1.807, 2.05) is 51.1 Å². The number of oxazole rings is 1. The number of rotatable bonds is 6. The number of aromatic nitrogens is 1. The van der Waals surface area contributed by atoms with E-state index in [2.05, 4.69) is 20.6 Å². The molecule has 2 rings (SSSR count). The summed E-state index contributed by atoms with van der Waals surface area (Å²) in [6, 6.07) is 10.1. The largest absolute Gasteiger partial charge is 0.444 e. The lowest BCUT2D eigenvalue weighted by molar-refractivity contribution is -0.127. The Morgan fingerprint density at radius 1 is 1.26 bits per heavy atom. The number of hydrogen-bond donors (Lipinski definition) is 2. The summed E-state index contributed by atoms with van der Waals surface area (Å²) < 4.78 is 5.59. The van der Waals surface area contributed by atoms with Crippen molar-refractivity contribution in [3.63, 3.8) is 0 Å². The molecule has 1 aromatic heterocycles. The molecule has 0 aliphatic heterocycles. The number of guanidine groups is 1. The Labute approximate surface area is 177 Å². The molecule has 0 radical (unpaired) electrons. The minimum absolute atomic E-state index is 0. The van der Waals surface area contributed by atoms with E-state index in [0.717, 1.165) is 17.0 Å². The van der Waals surface area contributed by atoms with Gasteiger partial charge in [0.05, 0.1) is 18.3 Å². The van der Waals surface area contributed by atoms with Crippen LogP contribution < -0.4 is 10.6 Å². The fourth-order valence-electron chi connectivity index (χ4n) is 2.24. The van der Waals surface area contributed by atoms with E-state index in [9.17, 15) is 4.79 Å². The minimum Gasteiger partial charge on any atom is -0.444 e. The van der Waals surface area contributed by atoms with E-state index in [0.29, 0.717) is 18.4 Å². The average Bonchev–Trinajstić information content (AvgIpc) is 2.95. The van der Waals surface area contributed by atoms with Crippen LogP contribution in [0.3, 0.4) is 0 Å². The lowest BCUT2D eigenvalue weighted by Crippen LogP contribution is -2.39. The third-order valence-corrected chi connectivity index (χ3v) is 4.00. The van der Waals surface area contributed by atoms with Crippen molar-refractivity contribution in [1.82, 2.24) is 20.5 Å². The second-order valence-electron chi connectivity index (χ2n) is 6.33. The van der Waals surface area contributed by atoms with Gasteiger partial charge in [0.15, 0.2) is 5.96 Å². The minimum atomic E-state index is -0.0683. The summed E-state index contributed by atoms with van der Waals surface area (Å²) in [6.45, 7) is 6.28. The first kappa shape index (κ1) is 22.9. The standard InChI is InChI=1S/C19H27N5O2.HI/c1-13-15(3)26-17(22-13)11-20-19(21-12-18(25)24(4)5)23-14(2)16-9-7-6-8-10-16;/h6-10,14H,11-12H2,1-5H3,(H2,20,21,23);1H. The highest BCUT2D eigenvalue weighted by Crippen LogP contribution is 2.11. The smallest absolute Gasteiger partial charge is 0.243 e. The first-order valence-electron chi connectivity index (χ1n) is 8.59. The fourth-order valence-corrected chi connectivity index (χ4v) is 2.24. The van der Waals surface area contributed by atoms with E-state index in [1.165, 1.54) is 4.90 Å². The number of aliphatic imine (C=N–C) groups is 1. The molecule has 1 amide bonds. The number of amides is 1. The number of benzene rings is 1. The summed E-state index contributed by atoms with van der Waals surface area (Å²) in [5, 5.41) is 6.50. The second-order valence-corrected chi connectivity index (χ2v) is 6.33. The van der Waals surface area contributed by atoms with Crippen LogP contribution in [0, 0.1) is 13.8 Å². The van der Waals surface area contributed by atoms with Gasteiger partial charge >= 0.3 is 0 Å². The molecule has 2 N–H and O–H groups in total. The van der Waals surface area contributed by atoms with Gasteiger partial charge in [-0.3, -0.25) is 4.79 Å². The monoisotopic (exact) mass is 485 g/mol. The molecule has 1 atom stereocenters. The normalized spacial score (nSPS) is 12.1. The van der Waals surface area contributed by atoms with Gasteiger partial charge in [-0.05, 0) is 26.3 Å². The molecule has 1 heterocycles. The summed E-state index contributed by atoms with van der Waals surface area (Å²) in [5.74, 6) is 1.85. The van der Waals surface area contributed by atoms with Gasteiger partial charge in [0.2, 0.25) is 11.8 Å². The Morgan fingerprint density at radius 2 is 1.93 bits per heavy atom. The van der Waals surface area contributed by atoms with Gasteiger partial charge in [-0.15, -0.1) is 24.0 Å². The van der Waals surface area contributed by atoms with Crippen molar-refractivity contribution in [3.8, 4) is 0 Å². The second kappa shape index (κ2) is 10.9. The quantitative estimate of drug-likeness (QED) is 0.374. The van der Waals surface area contributed by atoms with Gasteiger partial charge in [-0.2, -0.15) is 0 Å². The number of aryl methyl sites for hydroxylation is 2. The van der Waals surface area contributed by atoms with Gasteiger partial charge < -0.3 is 20.0 Å². The molecule has 0 saturated heterocycles. The zero-order chi connectivity index (χ0) is 19.1. The number of hydrogen-bond acceptors (Lipinski definition) is 4. The maximum Gasteiger partial charge on any atom is 0.243 e. The van der Waals surface area contributed by atoms with Crippen molar-refractivity contribution < 1.29 is 9.21 Å². The summed E-state index contributed by atoms with van der Waals surface area (Å²) in [4.78, 5) is 22.1. The van der Waals surface area contributed by atoms with Crippen LogP contribution in [0.4, 0.5) is 0 Å². The molecule has 8 heteroatoms. The van der Waals surface area contributed by atoms with Crippen LogP contribution in [0.15, 0.2) is 39.7 Å². The fraction of sp³-hybridized carbons (Fsp3) is 0.421. The SMILES string of the molecule is Cc1nc(CNC(=NCC(=O)N(C)C)NC(C)c2ccccc2)oc1C.I. The number of halogens is 1. The van der Waals surface area contributed by atoms with Gasteiger partial charge in [0.1, 0.15) is 12.3 Å². The maximum absolute atomic E-state index is 11.9. The number of carbonyl (C=O) groups is 1. The van der Waals surface area contributed by atoms with Crippen molar-refractivity contribution in [3.05, 3.63) is 53.2 Å². The number of nitrogens with zero attached hydrogens (tertiary/aromatic N) is 3. The Morgan fingerprint density at radius 3 is 2.48 bits per heavy atom. The molecule has 27 heavy (non-hydrogen) atoms. The molecule has 7 nitrogen and oxygen atoms in total. The molecule has 148 valence electrons. The van der Waals surface area contributed by atoms with E-state index in [-0.39, 0.29) is 42.5 Å². The van der Waals surface area contributed by atoms with Gasteiger partial charge in [-0.1, -0.05) is 30.3 Å². The molecule has 0 bridgehead atoms. The van der Waals surface area contributed by atoms with Crippen molar-refractivity contribution in [2.45, 2.75) is 33.4 Å². The molecule has 0 aliphatic rings. The summed E-state index contributed by atoms with van der Waals surface area (Å²) in [7, 11) is 3.42. The highest BCUT2D eigenvalue weighted by Gasteiger charge is 2.11. The van der Waals surface area contributed by atoms with Crippen LogP contribution in [0.25, 0.3) is 0 Å². The molecule has 0 spiro atoms. The highest BCUT2D eigenvalue weighted by molar-refractivity contribution is 14.0. The lowest BCUT2D eigenvalue weighted by atomic mass is 10.1. The topological polar surface area (TPSA) is 82.8 Å². The predicted molar refractivity (Wildman–Crippen MR) is 117 cm³/mol. The van der Waals surface area contributed by atoms with Crippen molar-refractivity contribution in [1.29, 1.82) is 0 Å². The van der Waals surface area contributed by atoms with Gasteiger partial charge in [0.25, 0.3) is 0 Å². The number of nitrogens with one attached hydrogen (secondary N) is 2. The Kier molecular flexibility index (Phi) is 9.27. The van der Waals surface area contributed by atoms with Gasteiger partial charge in [0, 0.05) is 14.1 Å². The molecule has 0 saturated carbocycles.